The molecule has 5 heteroatoms. The Hall–Kier alpha value is -1.62. The van der Waals surface area contributed by atoms with E-state index in [2.05, 4.69) is 10.3 Å². The lowest BCUT2D eigenvalue weighted by Gasteiger charge is -2.07. The van der Waals surface area contributed by atoms with Gasteiger partial charge < -0.3 is 16.2 Å². The molecule has 0 bridgehead atoms. The van der Waals surface area contributed by atoms with E-state index in [1.54, 1.807) is 6.07 Å². The molecule has 0 spiro atoms. The van der Waals surface area contributed by atoms with Crippen molar-refractivity contribution in [1.29, 1.82) is 0 Å². The molecule has 0 atom stereocenters. The average Bonchev–Trinajstić information content (AvgIpc) is 2.29. The van der Waals surface area contributed by atoms with Gasteiger partial charge in [-0.3, -0.25) is 0 Å². The Balaban J connectivity index is 2.82. The van der Waals surface area contributed by atoms with Crippen LogP contribution in [-0.2, 0) is 6.42 Å². The number of nitrogens with one attached hydrogen (secondary N) is 1. The predicted molar refractivity (Wildman–Crippen MR) is 62.7 cm³/mol. The smallest absolute Gasteiger partial charge is 0.335 e. The highest BCUT2D eigenvalue weighted by Crippen LogP contribution is 2.11. The van der Waals surface area contributed by atoms with Crippen LogP contribution < -0.4 is 11.1 Å². The first-order valence-corrected chi connectivity index (χ1v) is 5.35. The Morgan fingerprint density at radius 1 is 1.56 bits per heavy atom. The third kappa shape index (κ3) is 3.51. The maximum absolute atomic E-state index is 10.9. The number of anilines is 1. The van der Waals surface area contributed by atoms with Crippen molar-refractivity contribution in [2.24, 2.45) is 5.73 Å². The molecule has 0 aliphatic rings. The maximum Gasteiger partial charge on any atom is 0.335 e. The Morgan fingerprint density at radius 2 is 2.31 bits per heavy atom. The van der Waals surface area contributed by atoms with Crippen LogP contribution >= 0.6 is 0 Å². The van der Waals surface area contributed by atoms with E-state index in [-0.39, 0.29) is 5.56 Å². The maximum atomic E-state index is 10.9. The molecule has 5 nitrogen and oxygen atoms in total. The van der Waals surface area contributed by atoms with Gasteiger partial charge in [-0.15, -0.1) is 0 Å². The molecule has 1 aromatic rings. The van der Waals surface area contributed by atoms with Gasteiger partial charge in [-0.2, -0.15) is 0 Å². The number of carboxylic acids is 1. The molecule has 4 N–H and O–H groups in total. The molecule has 1 aromatic heterocycles. The minimum atomic E-state index is -0.932. The lowest BCUT2D eigenvalue weighted by Crippen LogP contribution is -2.11. The number of nitrogens with two attached hydrogens (primary N) is 1. The minimum Gasteiger partial charge on any atom is -0.478 e. The molecule has 0 fully saturated rings. The topological polar surface area (TPSA) is 88.2 Å². The summed E-state index contributed by atoms with van der Waals surface area (Å²) < 4.78 is 0. The van der Waals surface area contributed by atoms with Gasteiger partial charge >= 0.3 is 5.97 Å². The standard InChI is InChI=1S/C11H17N3O2/c1-2-9-6-8(11(15)16)7-10(14-9)13-5-3-4-12/h6-7H,2-5,12H2,1H3,(H,13,14)(H,15,16). The minimum absolute atomic E-state index is 0.266. The Kier molecular flexibility index (Phi) is 4.72. The van der Waals surface area contributed by atoms with Crippen LogP contribution in [0.25, 0.3) is 0 Å². The van der Waals surface area contributed by atoms with E-state index in [1.807, 2.05) is 6.92 Å². The monoisotopic (exact) mass is 223 g/mol. The van der Waals surface area contributed by atoms with Crippen LogP contribution in [0.3, 0.4) is 0 Å². The van der Waals surface area contributed by atoms with Crippen molar-refractivity contribution in [1.82, 2.24) is 4.98 Å². The van der Waals surface area contributed by atoms with Crippen LogP contribution in [-0.4, -0.2) is 29.1 Å². The van der Waals surface area contributed by atoms with Gasteiger partial charge in [0, 0.05) is 12.2 Å². The summed E-state index contributed by atoms with van der Waals surface area (Å²) in [5.41, 5.74) is 6.41. The summed E-state index contributed by atoms with van der Waals surface area (Å²) >= 11 is 0. The Morgan fingerprint density at radius 3 is 2.88 bits per heavy atom. The fourth-order valence-electron chi connectivity index (χ4n) is 1.30. The second kappa shape index (κ2) is 6.07. The molecule has 16 heavy (non-hydrogen) atoms. The normalized spacial score (nSPS) is 10.1. The number of aryl methyl sites for hydroxylation is 1. The first kappa shape index (κ1) is 12.4. The van der Waals surface area contributed by atoms with Gasteiger partial charge in [0.2, 0.25) is 0 Å². The number of aromatic carboxylic acids is 1. The quantitative estimate of drug-likeness (QED) is 0.628. The number of rotatable bonds is 6. The first-order valence-electron chi connectivity index (χ1n) is 5.35. The van der Waals surface area contributed by atoms with Gasteiger partial charge in [0.15, 0.2) is 0 Å². The molecule has 0 aromatic carbocycles. The Bertz CT molecular complexity index is 366. The molecule has 0 unspecified atom stereocenters. The van der Waals surface area contributed by atoms with Crippen molar-refractivity contribution in [3.05, 3.63) is 23.4 Å². The number of hydrogen-bond acceptors (Lipinski definition) is 4. The highest BCUT2D eigenvalue weighted by molar-refractivity contribution is 5.88. The zero-order valence-corrected chi connectivity index (χ0v) is 9.36. The Labute approximate surface area is 94.7 Å². The van der Waals surface area contributed by atoms with E-state index in [4.69, 9.17) is 10.8 Å². The second-order valence-electron chi connectivity index (χ2n) is 3.46. The first-order chi connectivity index (χ1) is 7.67. The fourth-order valence-corrected chi connectivity index (χ4v) is 1.30. The third-order valence-corrected chi connectivity index (χ3v) is 2.17. The highest BCUT2D eigenvalue weighted by Gasteiger charge is 2.07. The summed E-state index contributed by atoms with van der Waals surface area (Å²) in [6, 6.07) is 3.13. The van der Waals surface area contributed by atoms with Crippen molar-refractivity contribution in [3.63, 3.8) is 0 Å². The summed E-state index contributed by atoms with van der Waals surface area (Å²) in [4.78, 5) is 15.2. The lowest BCUT2D eigenvalue weighted by atomic mass is 10.2. The summed E-state index contributed by atoms with van der Waals surface area (Å²) in [5.74, 6) is -0.329. The van der Waals surface area contributed by atoms with Crippen LogP contribution in [0.2, 0.25) is 0 Å². The molecule has 0 saturated carbocycles. The molecular formula is C11H17N3O2. The molecule has 0 amide bonds. The zero-order valence-electron chi connectivity index (χ0n) is 9.36. The molecule has 0 saturated heterocycles. The zero-order chi connectivity index (χ0) is 12.0. The number of aromatic nitrogens is 1. The van der Waals surface area contributed by atoms with E-state index in [0.717, 1.165) is 12.1 Å². The van der Waals surface area contributed by atoms with E-state index >= 15 is 0 Å². The van der Waals surface area contributed by atoms with Gasteiger partial charge in [-0.25, -0.2) is 9.78 Å². The third-order valence-electron chi connectivity index (χ3n) is 2.17. The number of carbonyl (C=O) groups is 1. The molecule has 0 radical (unpaired) electrons. The predicted octanol–water partition coefficient (Wildman–Crippen LogP) is 1.10. The number of hydrogen-bond donors (Lipinski definition) is 3. The number of carboxylic acid groups (broad SMARTS) is 1. The fraction of sp³-hybridized carbons (Fsp3) is 0.455. The van der Waals surface area contributed by atoms with E-state index in [0.29, 0.717) is 25.3 Å². The van der Waals surface area contributed by atoms with Crippen LogP contribution in [0.15, 0.2) is 12.1 Å². The number of nitrogens with zero attached hydrogens (tertiary/aromatic N) is 1. The summed E-state index contributed by atoms with van der Waals surface area (Å²) in [7, 11) is 0. The van der Waals surface area contributed by atoms with Gasteiger partial charge in [-0.1, -0.05) is 6.92 Å². The van der Waals surface area contributed by atoms with Gasteiger partial charge in [-0.05, 0) is 31.5 Å². The molecule has 0 aliphatic carbocycles. The lowest BCUT2D eigenvalue weighted by molar-refractivity contribution is 0.0696. The molecule has 1 rings (SSSR count). The van der Waals surface area contributed by atoms with E-state index < -0.39 is 5.97 Å². The van der Waals surface area contributed by atoms with Gasteiger partial charge in [0.25, 0.3) is 0 Å². The average molecular weight is 223 g/mol. The largest absolute Gasteiger partial charge is 0.478 e. The second-order valence-corrected chi connectivity index (χ2v) is 3.46. The summed E-state index contributed by atoms with van der Waals surface area (Å²) in [6.45, 7) is 3.25. The van der Waals surface area contributed by atoms with Gasteiger partial charge in [0.05, 0.1) is 5.56 Å². The van der Waals surface area contributed by atoms with Crippen molar-refractivity contribution in [2.75, 3.05) is 18.4 Å². The molecule has 1 heterocycles. The van der Waals surface area contributed by atoms with Crippen LogP contribution in [0, 0.1) is 0 Å². The van der Waals surface area contributed by atoms with E-state index in [1.165, 1.54) is 6.07 Å². The summed E-state index contributed by atoms with van der Waals surface area (Å²) in [5, 5.41) is 12.0. The van der Waals surface area contributed by atoms with Crippen LogP contribution in [0.5, 0.6) is 0 Å². The highest BCUT2D eigenvalue weighted by atomic mass is 16.4. The molecule has 0 aliphatic heterocycles. The number of pyridine rings is 1. The summed E-state index contributed by atoms with van der Waals surface area (Å²) in [6.07, 6.45) is 1.55. The molecular weight excluding hydrogens is 206 g/mol. The van der Waals surface area contributed by atoms with Crippen molar-refractivity contribution in [3.8, 4) is 0 Å². The van der Waals surface area contributed by atoms with Crippen LogP contribution in [0.1, 0.15) is 29.4 Å². The van der Waals surface area contributed by atoms with Crippen LogP contribution in [0.4, 0.5) is 5.82 Å². The van der Waals surface area contributed by atoms with Crippen molar-refractivity contribution in [2.45, 2.75) is 19.8 Å². The van der Waals surface area contributed by atoms with Crippen molar-refractivity contribution < 1.29 is 9.90 Å². The SMILES string of the molecule is CCc1cc(C(=O)O)cc(NCCCN)n1. The van der Waals surface area contributed by atoms with Crippen molar-refractivity contribution >= 4 is 11.8 Å². The van der Waals surface area contributed by atoms with E-state index in [9.17, 15) is 4.79 Å². The molecule has 88 valence electrons. The van der Waals surface area contributed by atoms with Gasteiger partial charge in [0.1, 0.15) is 5.82 Å².